The van der Waals surface area contributed by atoms with Gasteiger partial charge >= 0.3 is 0 Å². The minimum absolute atomic E-state index is 0.315. The Kier molecular flexibility index (Phi) is 3.98. The average Bonchev–Trinajstić information content (AvgIpc) is 2.46. The van der Waals surface area contributed by atoms with Crippen LogP contribution in [0.1, 0.15) is 24.0 Å². The van der Waals surface area contributed by atoms with Crippen LogP contribution in [0.3, 0.4) is 0 Å². The molecule has 0 radical (unpaired) electrons. The zero-order valence-electron chi connectivity index (χ0n) is 11.6. The molecule has 2 aliphatic heterocycles. The van der Waals surface area contributed by atoms with Crippen molar-refractivity contribution in [2.75, 3.05) is 24.7 Å². The van der Waals surface area contributed by atoms with E-state index in [0.717, 1.165) is 38.1 Å². The van der Waals surface area contributed by atoms with Crippen molar-refractivity contribution in [2.24, 2.45) is 5.92 Å². The van der Waals surface area contributed by atoms with Crippen LogP contribution < -0.4 is 10.1 Å². The maximum Gasteiger partial charge on any atom is 0.150 e. The van der Waals surface area contributed by atoms with E-state index in [9.17, 15) is 8.42 Å². The van der Waals surface area contributed by atoms with Gasteiger partial charge in [-0.25, -0.2) is 8.42 Å². The van der Waals surface area contributed by atoms with Gasteiger partial charge in [0, 0.05) is 12.1 Å². The van der Waals surface area contributed by atoms with Gasteiger partial charge in [-0.15, -0.1) is 0 Å². The summed E-state index contributed by atoms with van der Waals surface area (Å²) >= 11 is 0. The van der Waals surface area contributed by atoms with Gasteiger partial charge in [0.1, 0.15) is 15.6 Å². The first-order chi connectivity index (χ1) is 9.64. The molecule has 0 aromatic heterocycles. The molecule has 0 unspecified atom stereocenters. The fourth-order valence-corrected chi connectivity index (χ4v) is 4.52. The van der Waals surface area contributed by atoms with Crippen molar-refractivity contribution in [3.63, 3.8) is 0 Å². The Labute approximate surface area is 120 Å². The van der Waals surface area contributed by atoms with Crippen molar-refractivity contribution in [3.8, 4) is 5.75 Å². The highest BCUT2D eigenvalue weighted by Gasteiger charge is 2.24. The van der Waals surface area contributed by atoms with E-state index in [2.05, 4.69) is 11.4 Å². The number of hydrogen-bond donors (Lipinski definition) is 1. The van der Waals surface area contributed by atoms with Gasteiger partial charge in [-0.1, -0.05) is 12.1 Å². The lowest BCUT2D eigenvalue weighted by atomic mass is 10.00. The zero-order chi connectivity index (χ0) is 14.0. The molecule has 0 atom stereocenters. The standard InChI is InChI=1S/C15H21NO3S/c17-20(18)8-5-12(6-9-20)11-19-15-3-1-2-13-4-7-16-10-14(13)15/h1-3,12,16H,4-11H2. The van der Waals surface area contributed by atoms with Gasteiger partial charge in [0.25, 0.3) is 0 Å². The highest BCUT2D eigenvalue weighted by molar-refractivity contribution is 7.91. The molecule has 110 valence electrons. The Morgan fingerprint density at radius 3 is 2.85 bits per heavy atom. The summed E-state index contributed by atoms with van der Waals surface area (Å²) in [5, 5.41) is 3.37. The highest BCUT2D eigenvalue weighted by atomic mass is 32.2. The first-order valence-electron chi connectivity index (χ1n) is 7.29. The molecule has 1 saturated heterocycles. The fraction of sp³-hybridized carbons (Fsp3) is 0.600. The number of fused-ring (bicyclic) bond motifs is 1. The summed E-state index contributed by atoms with van der Waals surface area (Å²) in [5.74, 6) is 1.96. The molecule has 0 amide bonds. The Balaban J connectivity index is 1.62. The molecule has 4 nitrogen and oxygen atoms in total. The maximum atomic E-state index is 11.4. The predicted molar refractivity (Wildman–Crippen MR) is 78.7 cm³/mol. The molecule has 2 heterocycles. The molecule has 2 aliphatic rings. The zero-order valence-corrected chi connectivity index (χ0v) is 12.4. The monoisotopic (exact) mass is 295 g/mol. The van der Waals surface area contributed by atoms with Crippen molar-refractivity contribution >= 4 is 9.84 Å². The molecule has 5 heteroatoms. The lowest BCUT2D eigenvalue weighted by Gasteiger charge is -2.24. The van der Waals surface area contributed by atoms with Gasteiger partial charge in [-0.3, -0.25) is 0 Å². The highest BCUT2D eigenvalue weighted by Crippen LogP contribution is 2.27. The van der Waals surface area contributed by atoms with Crippen molar-refractivity contribution in [1.82, 2.24) is 5.32 Å². The van der Waals surface area contributed by atoms with E-state index in [4.69, 9.17) is 4.74 Å². The molecule has 1 aromatic carbocycles. The van der Waals surface area contributed by atoms with Gasteiger partial charge < -0.3 is 10.1 Å². The summed E-state index contributed by atoms with van der Waals surface area (Å²) in [4.78, 5) is 0. The van der Waals surface area contributed by atoms with Gasteiger partial charge in [-0.05, 0) is 43.4 Å². The average molecular weight is 295 g/mol. The van der Waals surface area contributed by atoms with E-state index in [-0.39, 0.29) is 0 Å². The van der Waals surface area contributed by atoms with Gasteiger partial charge in [0.2, 0.25) is 0 Å². The van der Waals surface area contributed by atoms with Gasteiger partial charge in [-0.2, -0.15) is 0 Å². The minimum Gasteiger partial charge on any atom is -0.493 e. The van der Waals surface area contributed by atoms with E-state index in [1.807, 2.05) is 12.1 Å². The first kappa shape index (κ1) is 13.9. The summed E-state index contributed by atoms with van der Waals surface area (Å²) in [6.45, 7) is 2.52. The molecule has 3 rings (SSSR count). The number of benzene rings is 1. The Hall–Kier alpha value is -1.07. The second-order valence-electron chi connectivity index (χ2n) is 5.73. The van der Waals surface area contributed by atoms with E-state index in [0.29, 0.717) is 24.0 Å². The molecule has 1 aromatic rings. The molecule has 0 aliphatic carbocycles. The van der Waals surface area contributed by atoms with Crippen LogP contribution in [-0.2, 0) is 22.8 Å². The summed E-state index contributed by atoms with van der Waals surface area (Å²) in [6.07, 6.45) is 2.51. The van der Waals surface area contributed by atoms with Crippen molar-refractivity contribution < 1.29 is 13.2 Å². The minimum atomic E-state index is -2.78. The Morgan fingerprint density at radius 2 is 2.05 bits per heavy atom. The van der Waals surface area contributed by atoms with Crippen LogP contribution in [-0.4, -0.2) is 33.1 Å². The fourth-order valence-electron chi connectivity index (χ4n) is 2.93. The van der Waals surface area contributed by atoms with Crippen LogP contribution in [0.5, 0.6) is 5.75 Å². The molecule has 1 fully saturated rings. The summed E-state index contributed by atoms with van der Waals surface area (Å²) in [7, 11) is -2.78. The smallest absolute Gasteiger partial charge is 0.150 e. The van der Waals surface area contributed by atoms with Gasteiger partial charge in [0.05, 0.1) is 18.1 Å². The van der Waals surface area contributed by atoms with E-state index in [1.54, 1.807) is 0 Å². The molecule has 0 spiro atoms. The molecule has 20 heavy (non-hydrogen) atoms. The number of ether oxygens (including phenoxy) is 1. The number of sulfone groups is 1. The van der Waals surface area contributed by atoms with E-state index >= 15 is 0 Å². The Bertz CT molecular complexity index is 569. The van der Waals surface area contributed by atoms with E-state index in [1.165, 1.54) is 11.1 Å². The summed E-state index contributed by atoms with van der Waals surface area (Å²) in [5.41, 5.74) is 2.63. The SMILES string of the molecule is O=S1(=O)CCC(COc2cccc3c2CNCC3)CC1. The number of rotatable bonds is 3. The van der Waals surface area contributed by atoms with Crippen LogP contribution in [0.4, 0.5) is 0 Å². The third-order valence-electron chi connectivity index (χ3n) is 4.25. The number of hydrogen-bond acceptors (Lipinski definition) is 4. The van der Waals surface area contributed by atoms with Crippen LogP contribution in [0.25, 0.3) is 0 Å². The third kappa shape index (κ3) is 3.15. The van der Waals surface area contributed by atoms with Crippen molar-refractivity contribution in [1.29, 1.82) is 0 Å². The second kappa shape index (κ2) is 5.74. The predicted octanol–water partition coefficient (Wildman–Crippen LogP) is 1.54. The van der Waals surface area contributed by atoms with E-state index < -0.39 is 9.84 Å². The van der Waals surface area contributed by atoms with Crippen LogP contribution >= 0.6 is 0 Å². The van der Waals surface area contributed by atoms with Crippen LogP contribution in [0, 0.1) is 5.92 Å². The topological polar surface area (TPSA) is 55.4 Å². The number of nitrogens with one attached hydrogen (secondary N) is 1. The van der Waals surface area contributed by atoms with Crippen LogP contribution in [0.2, 0.25) is 0 Å². The molecule has 1 N–H and O–H groups in total. The van der Waals surface area contributed by atoms with Crippen LogP contribution in [0.15, 0.2) is 18.2 Å². The summed E-state index contributed by atoms with van der Waals surface area (Å²) < 4.78 is 28.8. The quantitative estimate of drug-likeness (QED) is 0.919. The first-order valence-corrected chi connectivity index (χ1v) is 9.11. The lowest BCUT2D eigenvalue weighted by Crippen LogP contribution is -2.28. The second-order valence-corrected chi connectivity index (χ2v) is 8.03. The van der Waals surface area contributed by atoms with Crippen molar-refractivity contribution in [2.45, 2.75) is 25.8 Å². The largest absolute Gasteiger partial charge is 0.493 e. The Morgan fingerprint density at radius 1 is 1.25 bits per heavy atom. The third-order valence-corrected chi connectivity index (χ3v) is 5.97. The van der Waals surface area contributed by atoms with Crippen molar-refractivity contribution in [3.05, 3.63) is 29.3 Å². The molecule has 0 bridgehead atoms. The molecule has 0 saturated carbocycles. The lowest BCUT2D eigenvalue weighted by molar-refractivity contribution is 0.235. The molecular formula is C15H21NO3S. The van der Waals surface area contributed by atoms with Gasteiger partial charge in [0.15, 0.2) is 0 Å². The maximum absolute atomic E-state index is 11.4. The normalized spacial score (nSPS) is 22.2. The molecular weight excluding hydrogens is 274 g/mol. The summed E-state index contributed by atoms with van der Waals surface area (Å²) in [6, 6.07) is 6.23.